The molecule has 0 N–H and O–H groups in total. The summed E-state index contributed by atoms with van der Waals surface area (Å²) in [5, 5.41) is 0. The van der Waals surface area contributed by atoms with Crippen molar-refractivity contribution in [3.05, 3.63) is 35.6 Å². The Bertz CT molecular complexity index is 562. The van der Waals surface area contributed by atoms with Crippen LogP contribution >= 0.6 is 0 Å². The van der Waals surface area contributed by atoms with E-state index in [4.69, 9.17) is 4.74 Å². The fourth-order valence-corrected chi connectivity index (χ4v) is 4.49. The highest BCUT2D eigenvalue weighted by molar-refractivity contribution is 5.16. The SMILES string of the molecule is Fc1cccc(CN2CCCC3(COCCN(CC4CC4)C3)C2)c1. The maximum atomic E-state index is 13.5. The summed E-state index contributed by atoms with van der Waals surface area (Å²) in [6.45, 7) is 8.31. The van der Waals surface area contributed by atoms with Crippen molar-refractivity contribution in [2.24, 2.45) is 11.3 Å². The zero-order chi connectivity index (χ0) is 16.4. The number of ether oxygens (including phenoxy) is 1. The molecule has 2 heterocycles. The van der Waals surface area contributed by atoms with Crippen LogP contribution in [0.15, 0.2) is 24.3 Å². The normalized spacial score (nSPS) is 29.7. The molecule has 0 radical (unpaired) electrons. The molecule has 4 heteroatoms. The van der Waals surface area contributed by atoms with Crippen molar-refractivity contribution in [3.8, 4) is 0 Å². The van der Waals surface area contributed by atoms with Crippen molar-refractivity contribution in [1.29, 1.82) is 0 Å². The maximum absolute atomic E-state index is 13.5. The number of piperidine rings is 1. The molecule has 2 saturated heterocycles. The topological polar surface area (TPSA) is 15.7 Å². The first-order chi connectivity index (χ1) is 11.7. The third-order valence-electron chi connectivity index (χ3n) is 5.77. The van der Waals surface area contributed by atoms with E-state index in [2.05, 4.69) is 9.80 Å². The standard InChI is InChI=1S/C20H29FN2O/c21-19-4-1-3-18(11-19)13-22-8-2-7-20(14-22)15-23(9-10-24-16-20)12-17-5-6-17/h1,3-4,11,17H,2,5-10,12-16H2. The number of rotatable bonds is 4. The lowest BCUT2D eigenvalue weighted by Crippen LogP contribution is -2.50. The van der Waals surface area contributed by atoms with Crippen LogP contribution in [0.25, 0.3) is 0 Å². The molecule has 1 unspecified atom stereocenters. The predicted molar refractivity (Wildman–Crippen MR) is 93.3 cm³/mol. The number of halogens is 1. The van der Waals surface area contributed by atoms with Crippen LogP contribution < -0.4 is 0 Å². The summed E-state index contributed by atoms with van der Waals surface area (Å²) >= 11 is 0. The number of likely N-dealkylation sites (tertiary alicyclic amines) is 1. The summed E-state index contributed by atoms with van der Waals surface area (Å²) in [6.07, 6.45) is 5.30. The van der Waals surface area contributed by atoms with Gasteiger partial charge in [-0.3, -0.25) is 4.90 Å². The van der Waals surface area contributed by atoms with Gasteiger partial charge in [0, 0.05) is 38.1 Å². The molecule has 1 aromatic carbocycles. The van der Waals surface area contributed by atoms with Gasteiger partial charge in [0.05, 0.1) is 13.2 Å². The molecule has 24 heavy (non-hydrogen) atoms. The largest absolute Gasteiger partial charge is 0.379 e. The van der Waals surface area contributed by atoms with Crippen molar-refractivity contribution >= 4 is 0 Å². The average molecular weight is 332 g/mol. The summed E-state index contributed by atoms with van der Waals surface area (Å²) in [7, 11) is 0. The minimum atomic E-state index is -0.132. The molecule has 1 aliphatic carbocycles. The zero-order valence-corrected chi connectivity index (χ0v) is 14.6. The van der Waals surface area contributed by atoms with Crippen LogP contribution in [0, 0.1) is 17.2 Å². The molecule has 4 rings (SSSR count). The van der Waals surface area contributed by atoms with Gasteiger partial charge in [-0.1, -0.05) is 12.1 Å². The smallest absolute Gasteiger partial charge is 0.123 e. The Morgan fingerprint density at radius 2 is 2.04 bits per heavy atom. The Balaban J connectivity index is 1.41. The van der Waals surface area contributed by atoms with Gasteiger partial charge in [0.1, 0.15) is 5.82 Å². The van der Waals surface area contributed by atoms with Gasteiger partial charge in [0.2, 0.25) is 0 Å². The Hall–Kier alpha value is -0.970. The lowest BCUT2D eigenvalue weighted by atomic mass is 9.80. The fourth-order valence-electron chi connectivity index (χ4n) is 4.49. The van der Waals surface area contributed by atoms with Crippen molar-refractivity contribution < 1.29 is 9.13 Å². The number of hydrogen-bond donors (Lipinski definition) is 0. The molecular weight excluding hydrogens is 303 g/mol. The summed E-state index contributed by atoms with van der Waals surface area (Å²) in [6, 6.07) is 7.05. The van der Waals surface area contributed by atoms with E-state index in [-0.39, 0.29) is 11.2 Å². The molecule has 3 fully saturated rings. The van der Waals surface area contributed by atoms with Gasteiger partial charge in [-0.15, -0.1) is 0 Å². The highest BCUT2D eigenvalue weighted by Crippen LogP contribution is 2.36. The van der Waals surface area contributed by atoms with Crippen molar-refractivity contribution in [1.82, 2.24) is 9.80 Å². The van der Waals surface area contributed by atoms with Crippen molar-refractivity contribution in [2.75, 3.05) is 45.9 Å². The van der Waals surface area contributed by atoms with Gasteiger partial charge in [0.25, 0.3) is 0 Å². The van der Waals surface area contributed by atoms with Crippen LogP contribution in [0.2, 0.25) is 0 Å². The Morgan fingerprint density at radius 3 is 2.88 bits per heavy atom. The molecule has 1 spiro atoms. The van der Waals surface area contributed by atoms with Crippen LogP contribution in [0.1, 0.15) is 31.2 Å². The molecule has 1 aromatic rings. The lowest BCUT2D eigenvalue weighted by molar-refractivity contribution is 0.00273. The Kier molecular flexibility index (Phi) is 4.88. The highest BCUT2D eigenvalue weighted by Gasteiger charge is 2.39. The van der Waals surface area contributed by atoms with Gasteiger partial charge in [-0.05, 0) is 55.8 Å². The molecule has 0 aromatic heterocycles. The molecule has 1 saturated carbocycles. The van der Waals surface area contributed by atoms with Gasteiger partial charge < -0.3 is 9.64 Å². The third kappa shape index (κ3) is 4.16. The number of nitrogens with zero attached hydrogens (tertiary/aromatic N) is 2. The van der Waals surface area contributed by atoms with Gasteiger partial charge in [-0.25, -0.2) is 4.39 Å². The average Bonchev–Trinajstić information content (AvgIpc) is 3.37. The molecular formula is C20H29FN2O. The van der Waals surface area contributed by atoms with E-state index >= 15 is 0 Å². The van der Waals surface area contributed by atoms with E-state index < -0.39 is 0 Å². The van der Waals surface area contributed by atoms with Crippen molar-refractivity contribution in [2.45, 2.75) is 32.2 Å². The van der Waals surface area contributed by atoms with E-state index in [1.54, 1.807) is 6.07 Å². The van der Waals surface area contributed by atoms with Gasteiger partial charge >= 0.3 is 0 Å². The highest BCUT2D eigenvalue weighted by atomic mass is 19.1. The molecule has 1 atom stereocenters. The predicted octanol–water partition coefficient (Wildman–Crippen LogP) is 3.15. The van der Waals surface area contributed by atoms with E-state index in [0.717, 1.165) is 50.9 Å². The summed E-state index contributed by atoms with van der Waals surface area (Å²) in [4.78, 5) is 5.15. The molecule has 2 aliphatic heterocycles. The molecule has 3 nitrogen and oxygen atoms in total. The molecule has 3 aliphatic rings. The second-order valence-corrected chi connectivity index (χ2v) is 8.18. The Labute approximate surface area is 144 Å². The monoisotopic (exact) mass is 332 g/mol. The molecule has 0 bridgehead atoms. The first-order valence-electron chi connectivity index (χ1n) is 9.48. The van der Waals surface area contributed by atoms with Crippen LogP contribution in [-0.2, 0) is 11.3 Å². The first-order valence-corrected chi connectivity index (χ1v) is 9.48. The molecule has 132 valence electrons. The van der Waals surface area contributed by atoms with E-state index in [9.17, 15) is 4.39 Å². The first kappa shape index (κ1) is 16.5. The third-order valence-corrected chi connectivity index (χ3v) is 5.77. The van der Waals surface area contributed by atoms with Crippen LogP contribution in [0.5, 0.6) is 0 Å². The van der Waals surface area contributed by atoms with Crippen LogP contribution in [0.3, 0.4) is 0 Å². The van der Waals surface area contributed by atoms with Gasteiger partial charge in [0.15, 0.2) is 0 Å². The fraction of sp³-hybridized carbons (Fsp3) is 0.700. The van der Waals surface area contributed by atoms with Gasteiger partial charge in [-0.2, -0.15) is 0 Å². The van der Waals surface area contributed by atoms with Crippen LogP contribution in [-0.4, -0.2) is 55.7 Å². The van der Waals surface area contributed by atoms with Crippen LogP contribution in [0.4, 0.5) is 4.39 Å². The van der Waals surface area contributed by atoms with E-state index in [1.807, 2.05) is 12.1 Å². The Morgan fingerprint density at radius 1 is 1.17 bits per heavy atom. The number of hydrogen-bond acceptors (Lipinski definition) is 3. The quantitative estimate of drug-likeness (QED) is 0.842. The molecule has 0 amide bonds. The van der Waals surface area contributed by atoms with E-state index in [0.29, 0.717) is 0 Å². The maximum Gasteiger partial charge on any atom is 0.123 e. The minimum absolute atomic E-state index is 0.132. The second kappa shape index (κ2) is 7.11. The minimum Gasteiger partial charge on any atom is -0.379 e. The summed E-state index contributed by atoms with van der Waals surface area (Å²) in [5.74, 6) is 0.805. The number of benzene rings is 1. The van der Waals surface area contributed by atoms with Crippen molar-refractivity contribution in [3.63, 3.8) is 0 Å². The summed E-state index contributed by atoms with van der Waals surface area (Å²) in [5.41, 5.74) is 1.34. The lowest BCUT2D eigenvalue weighted by Gasteiger charge is -2.43. The van der Waals surface area contributed by atoms with E-state index in [1.165, 1.54) is 44.8 Å². The summed E-state index contributed by atoms with van der Waals surface area (Å²) < 4.78 is 19.5. The zero-order valence-electron chi connectivity index (χ0n) is 14.6. The second-order valence-electron chi connectivity index (χ2n) is 8.18.